The smallest absolute Gasteiger partial charge is 0.159 e. The molecule has 0 N–H and O–H groups in total. The Labute approximate surface area is 74.8 Å². The van der Waals surface area contributed by atoms with E-state index in [9.17, 15) is 0 Å². The molecular weight excluding hydrogens is 348 g/mol. The first-order chi connectivity index (χ1) is 3.35. The van der Waals surface area contributed by atoms with E-state index in [1.54, 1.807) is 0 Å². The minimum absolute atomic E-state index is 0.185. The van der Waals surface area contributed by atoms with Crippen molar-refractivity contribution in [2.75, 3.05) is 6.54 Å². The second-order valence-corrected chi connectivity index (χ2v) is 8.48. The van der Waals surface area contributed by atoms with Gasteiger partial charge in [0.15, 0.2) is 14.4 Å². The molecule has 0 aliphatic carbocycles. The lowest BCUT2D eigenvalue weighted by atomic mass is 10.8. The van der Waals surface area contributed by atoms with E-state index in [4.69, 9.17) is 0 Å². The summed E-state index contributed by atoms with van der Waals surface area (Å²) in [6, 6.07) is 0. The number of rotatable bonds is 3. The molecule has 0 aliphatic heterocycles. The predicted octanol–water partition coefficient (Wildman–Crippen LogP) is 0.176. The van der Waals surface area contributed by atoms with Crippen LogP contribution in [0.15, 0.2) is 0 Å². The summed E-state index contributed by atoms with van der Waals surface area (Å²) in [5.74, 6) is 0. The van der Waals surface area contributed by atoms with Crippen molar-refractivity contribution < 1.29 is 0 Å². The van der Waals surface area contributed by atoms with Crippen LogP contribution in [0.5, 0.6) is 0 Å². The number of hydrogen-bond acceptors (Lipinski definition) is 1. The van der Waals surface area contributed by atoms with Gasteiger partial charge >= 0.3 is 0 Å². The maximum atomic E-state index is 2.63. The molecule has 0 rings (SSSR count). The fourth-order valence-electron chi connectivity index (χ4n) is 0.201. The van der Waals surface area contributed by atoms with E-state index in [1.807, 2.05) is 0 Å². The minimum Gasteiger partial charge on any atom is -0.340 e. The standard InChI is InChI=1S/C2H9I2NSi2/c1-2-5(6-3)7-4/h2,6-7H2,1H3. The normalized spacial score (nSPS) is 13.7. The van der Waals surface area contributed by atoms with Crippen LogP contribution in [0.1, 0.15) is 6.92 Å². The predicted molar refractivity (Wildman–Crippen MR) is 57.5 cm³/mol. The van der Waals surface area contributed by atoms with Crippen LogP contribution in [0.3, 0.4) is 0 Å². The minimum atomic E-state index is 0.185. The van der Waals surface area contributed by atoms with E-state index in [2.05, 4.69) is 54.7 Å². The zero-order chi connectivity index (χ0) is 5.70. The molecule has 0 bridgehead atoms. The fraction of sp³-hybridized carbons (Fsp3) is 1.00. The number of nitrogens with zero attached hydrogens (tertiary/aromatic N) is 1. The van der Waals surface area contributed by atoms with Crippen molar-refractivity contribution in [3.8, 4) is 0 Å². The first-order valence-corrected chi connectivity index (χ1v) is 13.7. The SMILES string of the molecule is CCN([SiH2]I)[SiH2]I. The molecule has 0 atom stereocenters. The van der Waals surface area contributed by atoms with Gasteiger partial charge in [-0.3, -0.25) is 0 Å². The molecule has 0 spiro atoms. The third kappa shape index (κ3) is 4.36. The average molecular weight is 357 g/mol. The van der Waals surface area contributed by atoms with Crippen LogP contribution in [-0.2, 0) is 0 Å². The van der Waals surface area contributed by atoms with Gasteiger partial charge in [-0.25, -0.2) is 0 Å². The molecule has 0 aromatic heterocycles. The molecule has 0 radical (unpaired) electrons. The summed E-state index contributed by atoms with van der Waals surface area (Å²) in [7, 11) is 0.371. The van der Waals surface area contributed by atoms with Crippen molar-refractivity contribution in [2.24, 2.45) is 0 Å². The molecule has 7 heavy (non-hydrogen) atoms. The molecular formula is C2H9I2NSi2. The zero-order valence-corrected chi connectivity index (χ0v) is 11.5. The Morgan fingerprint density at radius 1 is 1.43 bits per heavy atom. The van der Waals surface area contributed by atoms with Crippen molar-refractivity contribution in [3.63, 3.8) is 0 Å². The third-order valence-corrected chi connectivity index (χ3v) is 14.9. The lowest BCUT2D eigenvalue weighted by molar-refractivity contribution is 0.742. The van der Waals surface area contributed by atoms with Crippen LogP contribution in [0.4, 0.5) is 0 Å². The molecule has 0 fully saturated rings. The molecule has 5 heteroatoms. The molecule has 1 nitrogen and oxygen atoms in total. The lowest BCUT2D eigenvalue weighted by Crippen LogP contribution is -2.24. The lowest BCUT2D eigenvalue weighted by Gasteiger charge is -2.10. The maximum absolute atomic E-state index is 2.63. The van der Waals surface area contributed by atoms with Crippen LogP contribution in [0.2, 0.25) is 0 Å². The first kappa shape index (κ1) is 8.85. The van der Waals surface area contributed by atoms with Gasteiger partial charge in [-0.05, 0) is 6.54 Å². The zero-order valence-electron chi connectivity index (χ0n) is 4.32. The summed E-state index contributed by atoms with van der Waals surface area (Å²) < 4.78 is 2.63. The van der Waals surface area contributed by atoms with Gasteiger partial charge < -0.3 is 4.23 Å². The highest BCUT2D eigenvalue weighted by atomic mass is 127. The molecule has 0 saturated heterocycles. The summed E-state index contributed by atoms with van der Waals surface area (Å²) >= 11 is 5.09. The number of hydrogen-bond donors (Lipinski definition) is 0. The monoisotopic (exact) mass is 357 g/mol. The van der Waals surface area contributed by atoms with Gasteiger partial charge in [-0.15, -0.1) is 43.6 Å². The van der Waals surface area contributed by atoms with Crippen LogP contribution in [0.25, 0.3) is 0 Å². The van der Waals surface area contributed by atoms with Crippen LogP contribution in [0, 0.1) is 0 Å². The van der Waals surface area contributed by atoms with E-state index in [0.717, 1.165) is 0 Å². The van der Waals surface area contributed by atoms with Crippen LogP contribution < -0.4 is 0 Å². The van der Waals surface area contributed by atoms with Crippen molar-refractivity contribution in [3.05, 3.63) is 0 Å². The van der Waals surface area contributed by atoms with Crippen LogP contribution >= 0.6 is 43.6 Å². The Morgan fingerprint density at radius 2 is 1.86 bits per heavy atom. The van der Waals surface area contributed by atoms with E-state index in [0.29, 0.717) is 0 Å². The Kier molecular flexibility index (Phi) is 7.57. The second-order valence-electron chi connectivity index (χ2n) is 1.23. The van der Waals surface area contributed by atoms with Crippen molar-refractivity contribution in [1.29, 1.82) is 0 Å². The molecule has 44 valence electrons. The van der Waals surface area contributed by atoms with E-state index in [-0.39, 0.29) is 14.4 Å². The summed E-state index contributed by atoms with van der Waals surface area (Å²) in [6.07, 6.45) is 0. The summed E-state index contributed by atoms with van der Waals surface area (Å²) in [6.45, 7) is 3.54. The van der Waals surface area contributed by atoms with Crippen molar-refractivity contribution in [2.45, 2.75) is 6.92 Å². The number of halogens is 2. The fourth-order valence-corrected chi connectivity index (χ4v) is 16.3. The largest absolute Gasteiger partial charge is 0.340 e. The van der Waals surface area contributed by atoms with Crippen LogP contribution in [-0.4, -0.2) is 25.1 Å². The Balaban J connectivity index is 2.99. The molecule has 0 aromatic carbocycles. The second kappa shape index (κ2) is 5.98. The van der Waals surface area contributed by atoms with Gasteiger partial charge in [0.05, 0.1) is 0 Å². The van der Waals surface area contributed by atoms with Gasteiger partial charge in [-0.1, -0.05) is 6.92 Å². The van der Waals surface area contributed by atoms with Gasteiger partial charge in [0, 0.05) is 0 Å². The summed E-state index contributed by atoms with van der Waals surface area (Å²) in [4.78, 5) is 0. The van der Waals surface area contributed by atoms with E-state index >= 15 is 0 Å². The Hall–Kier alpha value is 1.85. The third-order valence-electron chi connectivity index (χ3n) is 0.785. The van der Waals surface area contributed by atoms with Gasteiger partial charge in [0.25, 0.3) is 0 Å². The molecule has 0 heterocycles. The van der Waals surface area contributed by atoms with Crippen molar-refractivity contribution >= 4 is 57.9 Å². The van der Waals surface area contributed by atoms with Gasteiger partial charge in [-0.2, -0.15) is 0 Å². The van der Waals surface area contributed by atoms with Crippen molar-refractivity contribution in [1.82, 2.24) is 4.23 Å². The molecule has 0 amide bonds. The highest BCUT2D eigenvalue weighted by Crippen LogP contribution is 1.90. The molecule has 0 unspecified atom stereocenters. The highest BCUT2D eigenvalue weighted by molar-refractivity contribution is 14.1. The maximum Gasteiger partial charge on any atom is 0.159 e. The topological polar surface area (TPSA) is 3.24 Å². The Bertz CT molecular complexity index is 35.2. The van der Waals surface area contributed by atoms with Gasteiger partial charge in [0.2, 0.25) is 0 Å². The Morgan fingerprint density at radius 3 is 1.86 bits per heavy atom. The molecule has 0 aromatic rings. The van der Waals surface area contributed by atoms with Gasteiger partial charge in [0.1, 0.15) is 0 Å². The van der Waals surface area contributed by atoms with E-state index < -0.39 is 0 Å². The summed E-state index contributed by atoms with van der Waals surface area (Å²) in [5.41, 5.74) is 0. The highest BCUT2D eigenvalue weighted by Gasteiger charge is 1.93. The quantitative estimate of drug-likeness (QED) is 0.396. The molecule has 0 saturated carbocycles. The summed E-state index contributed by atoms with van der Waals surface area (Å²) in [5, 5.41) is 0. The average Bonchev–Trinajstić information content (AvgIpc) is 1.72. The van der Waals surface area contributed by atoms with E-state index in [1.165, 1.54) is 6.54 Å². The molecule has 0 aliphatic rings. The first-order valence-electron chi connectivity index (χ1n) is 2.19.